The fourth-order valence-electron chi connectivity index (χ4n) is 10.2. The van der Waals surface area contributed by atoms with Gasteiger partial charge in [0.15, 0.2) is 17.2 Å². The summed E-state index contributed by atoms with van der Waals surface area (Å²) in [7, 11) is 0. The van der Waals surface area contributed by atoms with E-state index in [1.165, 1.54) is 42.9 Å². The third kappa shape index (κ3) is 5.14. The Labute approximate surface area is 289 Å². The third-order valence-electron chi connectivity index (χ3n) is 12.6. The molecule has 4 aliphatic carbocycles. The summed E-state index contributed by atoms with van der Waals surface area (Å²) in [6.07, 6.45) is 7.15. The minimum atomic E-state index is -2.62. The van der Waals surface area contributed by atoms with Crippen molar-refractivity contribution in [3.8, 4) is 16.9 Å². The summed E-state index contributed by atoms with van der Waals surface area (Å²) in [5, 5.41) is 46.6. The van der Waals surface area contributed by atoms with Crippen LogP contribution in [-0.2, 0) is 27.2 Å². The smallest absolute Gasteiger partial charge is 0.203 e. The first-order valence-electron chi connectivity index (χ1n) is 17.8. The minimum Gasteiger partial charge on any atom is -0.508 e. The zero-order chi connectivity index (χ0) is 35.8. The number of phenolic OH excluding ortho intramolecular Hbond substituents is 1. The van der Waals surface area contributed by atoms with E-state index in [2.05, 4.69) is 37.8 Å². The van der Waals surface area contributed by atoms with Crippen molar-refractivity contribution >= 4 is 23.1 Å². The van der Waals surface area contributed by atoms with Crippen molar-refractivity contribution in [3.63, 3.8) is 0 Å². The van der Waals surface area contributed by atoms with Crippen molar-refractivity contribution < 1.29 is 34.8 Å². The number of benzene rings is 2. The molecule has 2 aromatic carbocycles. The van der Waals surface area contributed by atoms with Crippen LogP contribution in [0.3, 0.4) is 0 Å². The van der Waals surface area contributed by atoms with Gasteiger partial charge in [0.05, 0.1) is 5.56 Å². The number of aliphatic hydroxyl groups is 3. The van der Waals surface area contributed by atoms with E-state index in [-0.39, 0.29) is 35.6 Å². The first kappa shape index (κ1) is 34.9. The van der Waals surface area contributed by atoms with Gasteiger partial charge in [0, 0.05) is 22.3 Å². The maximum Gasteiger partial charge on any atom is 0.203 e. The molecular weight excluding hydrogens is 616 g/mol. The van der Waals surface area contributed by atoms with Gasteiger partial charge in [0.1, 0.15) is 22.8 Å². The molecule has 0 aromatic heterocycles. The van der Waals surface area contributed by atoms with Crippen molar-refractivity contribution in [3.05, 3.63) is 82.1 Å². The lowest BCUT2D eigenvalue weighted by molar-refractivity contribution is -0.178. The van der Waals surface area contributed by atoms with Gasteiger partial charge in [-0.1, -0.05) is 77.1 Å². The zero-order valence-corrected chi connectivity index (χ0v) is 29.7. The second-order valence-corrected chi connectivity index (χ2v) is 16.1. The second-order valence-electron chi connectivity index (χ2n) is 16.1. The molecule has 4 N–H and O–H groups in total. The number of ketones is 3. The van der Waals surface area contributed by atoms with Crippen molar-refractivity contribution in [1.82, 2.24) is 0 Å². The number of aliphatic hydroxyl groups excluding tert-OH is 2. The van der Waals surface area contributed by atoms with Crippen molar-refractivity contribution in [1.29, 1.82) is 0 Å². The van der Waals surface area contributed by atoms with E-state index >= 15 is 0 Å². The second kappa shape index (κ2) is 12.1. The number of hydrogen-bond acceptors (Lipinski definition) is 7. The molecule has 2 fully saturated rings. The van der Waals surface area contributed by atoms with Gasteiger partial charge in [-0.25, -0.2) is 0 Å². The molecule has 7 heteroatoms. The molecule has 2 aromatic rings. The van der Waals surface area contributed by atoms with Crippen LogP contribution in [0.15, 0.2) is 65.5 Å². The Hall–Kier alpha value is -3.97. The minimum absolute atomic E-state index is 0.0623. The molecule has 0 bridgehead atoms. The van der Waals surface area contributed by atoms with Crippen LogP contribution in [0.25, 0.3) is 16.9 Å². The summed E-state index contributed by atoms with van der Waals surface area (Å²) in [5.41, 5.74) is -0.744. The average molecular weight is 667 g/mol. The normalized spacial score (nSPS) is 31.4. The Balaban J connectivity index is 1.39. The van der Waals surface area contributed by atoms with Crippen LogP contribution in [0.2, 0.25) is 0 Å². The van der Waals surface area contributed by atoms with Gasteiger partial charge in [-0.05, 0) is 104 Å². The van der Waals surface area contributed by atoms with E-state index in [0.717, 1.165) is 30.9 Å². The fourth-order valence-corrected chi connectivity index (χ4v) is 10.2. The van der Waals surface area contributed by atoms with Crippen LogP contribution >= 0.6 is 0 Å². The van der Waals surface area contributed by atoms with Crippen LogP contribution in [0.5, 0.6) is 5.75 Å². The molecule has 7 nitrogen and oxygen atoms in total. The lowest BCUT2D eigenvalue weighted by atomic mass is 9.43. The summed E-state index contributed by atoms with van der Waals surface area (Å²) in [5.74, 6) is -3.95. The Kier molecular flexibility index (Phi) is 8.62. The molecule has 4 aliphatic rings. The average Bonchev–Trinajstić information content (AvgIpc) is 3.03. The summed E-state index contributed by atoms with van der Waals surface area (Å²) in [6.45, 7) is 14.6. The monoisotopic (exact) mass is 666 g/mol. The zero-order valence-electron chi connectivity index (χ0n) is 29.7. The topological polar surface area (TPSA) is 132 Å². The maximum absolute atomic E-state index is 14.6. The molecule has 6 rings (SSSR count). The summed E-state index contributed by atoms with van der Waals surface area (Å²) >= 11 is 0. The number of allylic oxidation sites excluding steroid dienone is 2. The molecule has 4 atom stereocenters. The highest BCUT2D eigenvalue weighted by atomic mass is 16.3. The van der Waals surface area contributed by atoms with Gasteiger partial charge in [-0.2, -0.15) is 0 Å². The lowest BCUT2D eigenvalue weighted by Gasteiger charge is -2.59. The molecule has 0 radical (unpaired) electrons. The van der Waals surface area contributed by atoms with E-state index in [1.807, 2.05) is 13.0 Å². The number of rotatable bonds is 7. The number of carbonyl (C=O) groups excluding carboxylic acids is 3. The van der Waals surface area contributed by atoms with Crippen molar-refractivity contribution in [2.45, 2.75) is 98.5 Å². The van der Waals surface area contributed by atoms with Crippen LogP contribution in [0.4, 0.5) is 0 Å². The Morgan fingerprint density at radius 3 is 2.18 bits per heavy atom. The molecule has 260 valence electrons. The van der Waals surface area contributed by atoms with E-state index in [9.17, 15) is 34.8 Å². The van der Waals surface area contributed by atoms with Gasteiger partial charge in [-0.15, -0.1) is 0 Å². The standard InChI is InChI=1S/C42H50O7/c1-8-23(4)27-13-9-25(10-14-27)19-26-11-15-28(16-12-26)29-17-18-31(44)33-30(29)20-40(6)21-41(7)34(22(2)3)36(45)32(24(5)43)38(47)42(41,49)39(48)35(40)37(33)46/h11-12,15-18,22,25,27,34,44,46-47,49H,4,8-10,13-14,19-21H2,1-3,5-7H3/t25?,27?,34?,40-,41-,42+/m1/s1. The third-order valence-corrected chi connectivity index (χ3v) is 12.6. The number of hydrogen-bond donors (Lipinski definition) is 4. The highest BCUT2D eigenvalue weighted by Gasteiger charge is 2.72. The van der Waals surface area contributed by atoms with Crippen LogP contribution in [-0.4, -0.2) is 43.4 Å². The van der Waals surface area contributed by atoms with E-state index in [0.29, 0.717) is 17.4 Å². The van der Waals surface area contributed by atoms with Gasteiger partial charge in [0.25, 0.3) is 0 Å². The highest BCUT2D eigenvalue weighted by molar-refractivity contribution is 6.24. The summed E-state index contributed by atoms with van der Waals surface area (Å²) < 4.78 is 0. The molecule has 0 heterocycles. The molecule has 0 amide bonds. The van der Waals surface area contributed by atoms with Crippen LogP contribution in [0.1, 0.15) is 96.8 Å². The fraction of sp³-hybridized carbons (Fsp3) is 0.500. The number of aromatic hydroxyl groups is 1. The SMILES string of the molecule is C=C(CC)C1CCC(Cc2ccc(-c3ccc(O)c4c3C[C@]3(C)C[C@]5(C)C(C(C)C)C(=O)C(C(C)=O)=C(O)[C@]5(O)C(=O)C3=C4O)cc2)CC1. The number of fused-ring (bicyclic) bond motifs is 3. The van der Waals surface area contributed by atoms with E-state index in [4.69, 9.17) is 0 Å². The van der Waals surface area contributed by atoms with E-state index in [1.54, 1.807) is 20.8 Å². The van der Waals surface area contributed by atoms with Crippen LogP contribution < -0.4 is 0 Å². The molecule has 0 aliphatic heterocycles. The molecule has 0 spiro atoms. The van der Waals surface area contributed by atoms with Crippen LogP contribution in [0, 0.1) is 34.5 Å². The van der Waals surface area contributed by atoms with E-state index < -0.39 is 56.8 Å². The largest absolute Gasteiger partial charge is 0.508 e. The van der Waals surface area contributed by atoms with Gasteiger partial charge in [0.2, 0.25) is 5.78 Å². The van der Waals surface area contributed by atoms with Gasteiger partial charge >= 0.3 is 0 Å². The number of carbonyl (C=O) groups is 3. The highest BCUT2D eigenvalue weighted by Crippen LogP contribution is 2.65. The summed E-state index contributed by atoms with van der Waals surface area (Å²) in [4.78, 5) is 41.0. The molecule has 49 heavy (non-hydrogen) atoms. The molecule has 1 unspecified atom stereocenters. The Morgan fingerprint density at radius 1 is 0.980 bits per heavy atom. The lowest BCUT2D eigenvalue weighted by Crippen LogP contribution is -2.69. The summed E-state index contributed by atoms with van der Waals surface area (Å²) in [6, 6.07) is 11.7. The molecule has 0 saturated heterocycles. The van der Waals surface area contributed by atoms with Crippen molar-refractivity contribution in [2.24, 2.45) is 34.5 Å². The predicted molar refractivity (Wildman–Crippen MR) is 190 cm³/mol. The van der Waals surface area contributed by atoms with Gasteiger partial charge < -0.3 is 20.4 Å². The number of Topliss-reactive ketones (excluding diaryl/α,β-unsaturated/α-hetero) is 3. The first-order valence-corrected chi connectivity index (χ1v) is 17.8. The molecule has 2 saturated carbocycles. The Morgan fingerprint density at radius 2 is 1.61 bits per heavy atom. The maximum atomic E-state index is 14.6. The number of phenols is 1. The Bertz CT molecular complexity index is 1820. The molecular formula is C42H50O7. The first-order chi connectivity index (χ1) is 23.0. The quantitative estimate of drug-likeness (QED) is 0.173. The van der Waals surface area contributed by atoms with Gasteiger partial charge in [-0.3, -0.25) is 14.4 Å². The predicted octanol–water partition coefficient (Wildman–Crippen LogP) is 8.17. The van der Waals surface area contributed by atoms with Crippen molar-refractivity contribution in [2.75, 3.05) is 0 Å².